The monoisotopic (exact) mass is 203 g/mol. The molecule has 1 aliphatic heterocycles. The Kier molecular flexibility index (Phi) is 5.14. The molecule has 0 spiro atoms. The van der Waals surface area contributed by atoms with Crippen LogP contribution in [-0.2, 0) is 4.74 Å². The molecular weight excluding hydrogens is 182 g/mol. The highest BCUT2D eigenvalue weighted by atomic mass is 32.2. The molecule has 0 bridgehead atoms. The van der Waals surface area contributed by atoms with Crippen molar-refractivity contribution in [3.05, 3.63) is 0 Å². The van der Waals surface area contributed by atoms with Gasteiger partial charge in [-0.1, -0.05) is 6.92 Å². The van der Waals surface area contributed by atoms with Crippen LogP contribution in [0.5, 0.6) is 0 Å². The Morgan fingerprint density at radius 2 is 2.38 bits per heavy atom. The van der Waals surface area contributed by atoms with Gasteiger partial charge in [0.05, 0.1) is 12.2 Å². The summed E-state index contributed by atoms with van der Waals surface area (Å²) in [5.74, 6) is 2.32. The van der Waals surface area contributed by atoms with Gasteiger partial charge in [-0.25, -0.2) is 0 Å². The van der Waals surface area contributed by atoms with E-state index in [1.807, 2.05) is 11.8 Å². The molecule has 0 amide bonds. The van der Waals surface area contributed by atoms with Crippen molar-refractivity contribution in [3.8, 4) is 0 Å². The van der Waals surface area contributed by atoms with E-state index in [0.29, 0.717) is 0 Å². The van der Waals surface area contributed by atoms with Crippen molar-refractivity contribution in [1.82, 2.24) is 5.32 Å². The first-order chi connectivity index (χ1) is 6.27. The van der Waals surface area contributed by atoms with E-state index < -0.39 is 0 Å². The normalized spacial score (nSPS) is 29.1. The lowest BCUT2D eigenvalue weighted by molar-refractivity contribution is -0.0387. The Balaban J connectivity index is 2.10. The Bertz CT molecular complexity index is 135. The third-order valence-electron chi connectivity index (χ3n) is 2.44. The molecular formula is C10H21NOS. The van der Waals surface area contributed by atoms with Crippen LogP contribution in [-0.4, -0.2) is 36.8 Å². The minimum absolute atomic E-state index is 0.104. The van der Waals surface area contributed by atoms with Crippen molar-refractivity contribution in [2.75, 3.05) is 31.2 Å². The van der Waals surface area contributed by atoms with Crippen LogP contribution in [0.4, 0.5) is 0 Å². The largest absolute Gasteiger partial charge is 0.373 e. The minimum atomic E-state index is 0.104. The van der Waals surface area contributed by atoms with E-state index in [2.05, 4.69) is 19.2 Å². The van der Waals surface area contributed by atoms with Crippen molar-refractivity contribution >= 4 is 11.8 Å². The third kappa shape index (κ3) is 4.34. The van der Waals surface area contributed by atoms with Gasteiger partial charge in [0.1, 0.15) is 0 Å². The summed E-state index contributed by atoms with van der Waals surface area (Å²) in [6, 6.07) is 0. The second-order valence-electron chi connectivity index (χ2n) is 3.78. The van der Waals surface area contributed by atoms with Gasteiger partial charge in [-0.15, -0.1) is 0 Å². The van der Waals surface area contributed by atoms with Crippen LogP contribution in [0.2, 0.25) is 0 Å². The van der Waals surface area contributed by atoms with Crippen molar-refractivity contribution in [2.45, 2.75) is 32.3 Å². The average Bonchev–Trinajstić information content (AvgIpc) is 2.14. The zero-order chi connectivity index (χ0) is 9.57. The van der Waals surface area contributed by atoms with Gasteiger partial charge in [-0.2, -0.15) is 11.8 Å². The average molecular weight is 203 g/mol. The first kappa shape index (κ1) is 11.3. The minimum Gasteiger partial charge on any atom is -0.373 e. The van der Waals surface area contributed by atoms with E-state index in [1.165, 1.54) is 18.6 Å². The Morgan fingerprint density at radius 1 is 1.54 bits per heavy atom. The van der Waals surface area contributed by atoms with Gasteiger partial charge in [0.2, 0.25) is 0 Å². The van der Waals surface area contributed by atoms with Gasteiger partial charge >= 0.3 is 0 Å². The number of hydrogen-bond acceptors (Lipinski definition) is 3. The molecule has 1 rings (SSSR count). The summed E-state index contributed by atoms with van der Waals surface area (Å²) < 4.78 is 5.89. The topological polar surface area (TPSA) is 21.3 Å². The highest BCUT2D eigenvalue weighted by Crippen LogP contribution is 2.20. The summed E-state index contributed by atoms with van der Waals surface area (Å²) in [5, 5.41) is 3.38. The van der Waals surface area contributed by atoms with Crippen molar-refractivity contribution in [1.29, 1.82) is 0 Å². The Hall–Kier alpha value is 0.270. The molecule has 1 saturated heterocycles. The molecule has 13 heavy (non-hydrogen) atoms. The zero-order valence-electron chi connectivity index (χ0n) is 8.77. The molecule has 1 unspecified atom stereocenters. The Labute approximate surface area is 85.8 Å². The number of piperidine rings is 1. The fourth-order valence-electron chi connectivity index (χ4n) is 1.64. The lowest BCUT2D eigenvalue weighted by atomic mass is 9.96. The van der Waals surface area contributed by atoms with Gasteiger partial charge in [0.25, 0.3) is 0 Å². The molecule has 0 aromatic heterocycles. The summed E-state index contributed by atoms with van der Waals surface area (Å²) in [7, 11) is 0. The first-order valence-electron chi connectivity index (χ1n) is 5.19. The van der Waals surface area contributed by atoms with Crippen molar-refractivity contribution in [3.63, 3.8) is 0 Å². The van der Waals surface area contributed by atoms with Gasteiger partial charge in [-0.3, -0.25) is 0 Å². The molecule has 0 aromatic rings. The second kappa shape index (κ2) is 5.89. The molecule has 0 aromatic carbocycles. The zero-order valence-corrected chi connectivity index (χ0v) is 9.58. The van der Waals surface area contributed by atoms with Crippen LogP contribution in [0.15, 0.2) is 0 Å². The molecule has 78 valence electrons. The molecule has 1 N–H and O–H groups in total. The molecule has 1 fully saturated rings. The van der Waals surface area contributed by atoms with E-state index in [4.69, 9.17) is 4.74 Å². The number of hydrogen-bond donors (Lipinski definition) is 1. The van der Waals surface area contributed by atoms with Crippen molar-refractivity contribution < 1.29 is 4.74 Å². The van der Waals surface area contributed by atoms with Gasteiger partial charge in [0, 0.05) is 12.3 Å². The van der Waals surface area contributed by atoms with Crippen LogP contribution in [0.25, 0.3) is 0 Å². The summed E-state index contributed by atoms with van der Waals surface area (Å²) in [4.78, 5) is 0. The predicted octanol–water partition coefficient (Wildman–Crippen LogP) is 1.90. The molecule has 1 aliphatic rings. The molecule has 1 heterocycles. The smallest absolute Gasteiger partial charge is 0.0779 e. The maximum Gasteiger partial charge on any atom is 0.0779 e. The second-order valence-corrected chi connectivity index (χ2v) is 5.17. The maximum atomic E-state index is 5.89. The summed E-state index contributed by atoms with van der Waals surface area (Å²) in [6.07, 6.45) is 2.45. The number of nitrogens with one attached hydrogen (secondary N) is 1. The van der Waals surface area contributed by atoms with Crippen LogP contribution in [0, 0.1) is 0 Å². The molecule has 0 saturated carbocycles. The fraction of sp³-hybridized carbons (Fsp3) is 1.00. The van der Waals surface area contributed by atoms with Crippen LogP contribution < -0.4 is 5.32 Å². The quantitative estimate of drug-likeness (QED) is 0.690. The van der Waals surface area contributed by atoms with Crippen molar-refractivity contribution in [2.24, 2.45) is 0 Å². The number of rotatable bonds is 5. The van der Waals surface area contributed by atoms with E-state index in [-0.39, 0.29) is 5.60 Å². The fourth-order valence-corrected chi connectivity index (χ4v) is 2.13. The van der Waals surface area contributed by atoms with Gasteiger partial charge < -0.3 is 10.1 Å². The number of ether oxygens (including phenoxy) is 1. The standard InChI is InChI=1S/C10H21NOS/c1-3-13-8-7-12-10(2)5-4-6-11-9-10/h11H,3-9H2,1-2H3. The molecule has 3 heteroatoms. The number of thioether (sulfide) groups is 1. The van der Waals surface area contributed by atoms with Crippen LogP contribution in [0.3, 0.4) is 0 Å². The van der Waals surface area contributed by atoms with Gasteiger partial charge in [0.15, 0.2) is 0 Å². The van der Waals surface area contributed by atoms with Crippen LogP contribution in [0.1, 0.15) is 26.7 Å². The van der Waals surface area contributed by atoms with Gasteiger partial charge in [-0.05, 0) is 32.1 Å². The summed E-state index contributed by atoms with van der Waals surface area (Å²) >= 11 is 1.95. The highest BCUT2D eigenvalue weighted by molar-refractivity contribution is 7.99. The summed E-state index contributed by atoms with van der Waals surface area (Å²) in [5.41, 5.74) is 0.104. The maximum absolute atomic E-state index is 5.89. The van der Waals surface area contributed by atoms with E-state index in [1.54, 1.807) is 0 Å². The molecule has 0 aliphatic carbocycles. The lowest BCUT2D eigenvalue weighted by Crippen LogP contribution is -2.45. The van der Waals surface area contributed by atoms with E-state index in [9.17, 15) is 0 Å². The molecule has 1 atom stereocenters. The first-order valence-corrected chi connectivity index (χ1v) is 6.35. The third-order valence-corrected chi connectivity index (χ3v) is 3.30. The van der Waals surface area contributed by atoms with E-state index >= 15 is 0 Å². The molecule has 2 nitrogen and oxygen atoms in total. The highest BCUT2D eigenvalue weighted by Gasteiger charge is 2.26. The Morgan fingerprint density at radius 3 is 3.00 bits per heavy atom. The molecule has 0 radical (unpaired) electrons. The SMILES string of the molecule is CCSCCOC1(C)CCCNC1. The van der Waals surface area contributed by atoms with Crippen LogP contribution >= 0.6 is 11.8 Å². The predicted molar refractivity (Wildman–Crippen MR) is 59.5 cm³/mol. The summed E-state index contributed by atoms with van der Waals surface area (Å²) in [6.45, 7) is 7.48. The lowest BCUT2D eigenvalue weighted by Gasteiger charge is -2.34. The van der Waals surface area contributed by atoms with E-state index in [0.717, 1.165) is 25.4 Å².